The minimum Gasteiger partial charge on any atom is -0.461 e. The smallest absolute Gasteiger partial charge is 0.416 e. The Kier molecular flexibility index (Phi) is 4.65. The average Bonchev–Trinajstić information content (AvgIpc) is 2.98. The third-order valence-electron chi connectivity index (χ3n) is 2.85. The summed E-state index contributed by atoms with van der Waals surface area (Å²) >= 11 is 0. The number of Topliss-reactive ketones (excluding diaryl/α,β-unsaturated/α-hetero) is 1. The van der Waals surface area contributed by atoms with Crippen LogP contribution in [0.2, 0.25) is 0 Å². The Morgan fingerprint density at radius 3 is 2.50 bits per heavy atom. The van der Waals surface area contributed by atoms with E-state index >= 15 is 0 Å². The van der Waals surface area contributed by atoms with Crippen LogP contribution in [-0.4, -0.2) is 11.7 Å². The first-order valence-corrected chi connectivity index (χ1v) is 6.40. The zero-order valence-electron chi connectivity index (χ0n) is 11.3. The summed E-state index contributed by atoms with van der Waals surface area (Å²) in [4.78, 5) is 23.3. The standard InChI is InChI=1S/C15H12F3NO3/c16-15(17,18)10-3-1-4-11(9-10)19-14(21)7-6-12(20)13-5-2-8-22-13/h1-5,8-9H,6-7H2,(H,19,21). The van der Waals surface area contributed by atoms with Crippen LogP contribution in [0.1, 0.15) is 29.0 Å². The van der Waals surface area contributed by atoms with Gasteiger partial charge in [0.2, 0.25) is 5.91 Å². The summed E-state index contributed by atoms with van der Waals surface area (Å²) in [7, 11) is 0. The highest BCUT2D eigenvalue weighted by Gasteiger charge is 2.30. The maximum atomic E-state index is 12.5. The van der Waals surface area contributed by atoms with Crippen molar-refractivity contribution >= 4 is 17.4 Å². The lowest BCUT2D eigenvalue weighted by Gasteiger charge is -2.09. The number of ketones is 1. The molecule has 1 amide bonds. The SMILES string of the molecule is O=C(CCC(=O)c1ccco1)Nc1cccc(C(F)(F)F)c1. The zero-order chi connectivity index (χ0) is 16.2. The van der Waals surface area contributed by atoms with E-state index in [0.717, 1.165) is 12.1 Å². The monoisotopic (exact) mass is 311 g/mol. The van der Waals surface area contributed by atoms with Crippen molar-refractivity contribution in [2.24, 2.45) is 0 Å². The molecule has 0 aliphatic rings. The highest BCUT2D eigenvalue weighted by molar-refractivity contribution is 5.98. The van der Waals surface area contributed by atoms with E-state index in [1.807, 2.05) is 0 Å². The number of amides is 1. The molecule has 0 aliphatic carbocycles. The van der Waals surface area contributed by atoms with Gasteiger partial charge in [0, 0.05) is 18.5 Å². The molecule has 0 bridgehead atoms. The molecule has 0 saturated heterocycles. The molecule has 0 aliphatic heterocycles. The molecule has 0 unspecified atom stereocenters. The number of carbonyl (C=O) groups is 2. The highest BCUT2D eigenvalue weighted by Crippen LogP contribution is 2.30. The van der Waals surface area contributed by atoms with Gasteiger partial charge in [0.15, 0.2) is 11.5 Å². The molecular formula is C15H12F3NO3. The van der Waals surface area contributed by atoms with Gasteiger partial charge < -0.3 is 9.73 Å². The van der Waals surface area contributed by atoms with Crippen molar-refractivity contribution in [3.05, 3.63) is 54.0 Å². The van der Waals surface area contributed by atoms with Gasteiger partial charge in [-0.2, -0.15) is 13.2 Å². The van der Waals surface area contributed by atoms with Crippen molar-refractivity contribution in [1.29, 1.82) is 0 Å². The molecule has 0 atom stereocenters. The molecule has 4 nitrogen and oxygen atoms in total. The Morgan fingerprint density at radius 2 is 1.86 bits per heavy atom. The molecule has 1 aromatic heterocycles. The molecule has 1 heterocycles. The van der Waals surface area contributed by atoms with Crippen LogP contribution >= 0.6 is 0 Å². The van der Waals surface area contributed by atoms with Crippen molar-refractivity contribution in [2.75, 3.05) is 5.32 Å². The molecule has 1 aromatic carbocycles. The number of anilines is 1. The van der Waals surface area contributed by atoms with Gasteiger partial charge in [-0.1, -0.05) is 6.07 Å². The largest absolute Gasteiger partial charge is 0.461 e. The van der Waals surface area contributed by atoms with Gasteiger partial charge in [-0.25, -0.2) is 0 Å². The summed E-state index contributed by atoms with van der Waals surface area (Å²) in [5.74, 6) is -0.740. The van der Waals surface area contributed by atoms with E-state index in [1.165, 1.54) is 24.5 Å². The van der Waals surface area contributed by atoms with Crippen molar-refractivity contribution in [2.45, 2.75) is 19.0 Å². The van der Waals surface area contributed by atoms with E-state index in [9.17, 15) is 22.8 Å². The molecule has 1 N–H and O–H groups in total. The number of benzene rings is 1. The second kappa shape index (κ2) is 6.46. The predicted octanol–water partition coefficient (Wildman–Crippen LogP) is 3.90. The van der Waals surface area contributed by atoms with Crippen LogP contribution in [0.15, 0.2) is 47.1 Å². The van der Waals surface area contributed by atoms with E-state index < -0.39 is 17.6 Å². The number of carbonyl (C=O) groups excluding carboxylic acids is 2. The van der Waals surface area contributed by atoms with Crippen LogP contribution in [0, 0.1) is 0 Å². The number of halogens is 3. The second-order valence-corrected chi connectivity index (χ2v) is 4.53. The van der Waals surface area contributed by atoms with Crippen LogP contribution in [0.5, 0.6) is 0 Å². The fraction of sp³-hybridized carbons (Fsp3) is 0.200. The minimum atomic E-state index is -4.48. The lowest BCUT2D eigenvalue weighted by Crippen LogP contribution is -2.14. The van der Waals surface area contributed by atoms with Crippen LogP contribution < -0.4 is 5.32 Å². The van der Waals surface area contributed by atoms with Crippen LogP contribution in [0.3, 0.4) is 0 Å². The summed E-state index contributed by atoms with van der Waals surface area (Å²) in [6.45, 7) is 0. The maximum absolute atomic E-state index is 12.5. The van der Waals surface area contributed by atoms with E-state index in [0.29, 0.717) is 0 Å². The third kappa shape index (κ3) is 4.21. The summed E-state index contributed by atoms with van der Waals surface area (Å²) < 4.78 is 42.5. The molecule has 22 heavy (non-hydrogen) atoms. The van der Waals surface area contributed by atoms with E-state index in [-0.39, 0.29) is 30.1 Å². The first kappa shape index (κ1) is 15.8. The van der Waals surface area contributed by atoms with Gasteiger partial charge in [-0.3, -0.25) is 9.59 Å². The molecule has 2 rings (SSSR count). The van der Waals surface area contributed by atoms with Crippen LogP contribution in [-0.2, 0) is 11.0 Å². The summed E-state index contributed by atoms with van der Waals surface area (Å²) in [5, 5.41) is 2.33. The third-order valence-corrected chi connectivity index (χ3v) is 2.85. The lowest BCUT2D eigenvalue weighted by atomic mass is 10.1. The van der Waals surface area contributed by atoms with Gasteiger partial charge in [0.1, 0.15) is 0 Å². The van der Waals surface area contributed by atoms with E-state index in [4.69, 9.17) is 4.42 Å². The molecule has 2 aromatic rings. The number of furan rings is 1. The van der Waals surface area contributed by atoms with Crippen molar-refractivity contribution in [1.82, 2.24) is 0 Å². The molecule has 0 saturated carbocycles. The Bertz CT molecular complexity index is 663. The normalized spacial score (nSPS) is 11.2. The van der Waals surface area contributed by atoms with Gasteiger partial charge >= 0.3 is 6.18 Å². The van der Waals surface area contributed by atoms with Crippen LogP contribution in [0.25, 0.3) is 0 Å². The number of nitrogens with one attached hydrogen (secondary N) is 1. The zero-order valence-corrected chi connectivity index (χ0v) is 11.3. The molecular weight excluding hydrogens is 299 g/mol. The number of alkyl halides is 3. The fourth-order valence-electron chi connectivity index (χ4n) is 1.78. The molecule has 0 radical (unpaired) electrons. The molecule has 0 fully saturated rings. The second-order valence-electron chi connectivity index (χ2n) is 4.53. The van der Waals surface area contributed by atoms with E-state index in [1.54, 1.807) is 6.07 Å². The average molecular weight is 311 g/mol. The minimum absolute atomic E-state index is 0.0327. The fourth-order valence-corrected chi connectivity index (χ4v) is 1.78. The predicted molar refractivity (Wildman–Crippen MR) is 72.3 cm³/mol. The lowest BCUT2D eigenvalue weighted by molar-refractivity contribution is -0.137. The Labute approximate surface area is 123 Å². The Hall–Kier alpha value is -2.57. The number of hydrogen-bond acceptors (Lipinski definition) is 3. The van der Waals surface area contributed by atoms with Gasteiger partial charge in [0.25, 0.3) is 0 Å². The van der Waals surface area contributed by atoms with Crippen molar-refractivity contribution in [3.8, 4) is 0 Å². The van der Waals surface area contributed by atoms with Crippen molar-refractivity contribution < 1.29 is 27.2 Å². The quantitative estimate of drug-likeness (QED) is 0.852. The van der Waals surface area contributed by atoms with E-state index in [2.05, 4.69) is 5.32 Å². The maximum Gasteiger partial charge on any atom is 0.416 e. The first-order chi connectivity index (χ1) is 10.4. The molecule has 7 heteroatoms. The van der Waals surface area contributed by atoms with Gasteiger partial charge in [-0.15, -0.1) is 0 Å². The summed E-state index contributed by atoms with van der Waals surface area (Å²) in [6.07, 6.45) is -3.36. The topological polar surface area (TPSA) is 59.3 Å². The number of hydrogen-bond donors (Lipinski definition) is 1. The van der Waals surface area contributed by atoms with Gasteiger partial charge in [-0.05, 0) is 30.3 Å². The Morgan fingerprint density at radius 1 is 1.09 bits per heavy atom. The number of rotatable bonds is 5. The molecule has 116 valence electrons. The molecule has 0 spiro atoms. The Balaban J connectivity index is 1.91. The summed E-state index contributed by atoms with van der Waals surface area (Å²) in [6, 6.07) is 7.33. The first-order valence-electron chi connectivity index (χ1n) is 6.40. The summed E-state index contributed by atoms with van der Waals surface area (Å²) in [5.41, 5.74) is -0.817. The van der Waals surface area contributed by atoms with Gasteiger partial charge in [0.05, 0.1) is 11.8 Å². The van der Waals surface area contributed by atoms with Crippen molar-refractivity contribution in [3.63, 3.8) is 0 Å². The van der Waals surface area contributed by atoms with Crippen LogP contribution in [0.4, 0.5) is 18.9 Å². The highest BCUT2D eigenvalue weighted by atomic mass is 19.4.